The molecule has 0 fully saturated rings. The third-order valence-corrected chi connectivity index (χ3v) is 8.53. The number of fused-ring (bicyclic) bond motifs is 3. The molecule has 2 amide bonds. The van der Waals surface area contributed by atoms with E-state index in [1.807, 2.05) is 72.8 Å². The van der Waals surface area contributed by atoms with E-state index in [1.54, 1.807) is 24.3 Å². The number of nitrogens with two attached hydrogens (primary N) is 2. The van der Waals surface area contributed by atoms with Crippen molar-refractivity contribution in [1.82, 2.24) is 0 Å². The summed E-state index contributed by atoms with van der Waals surface area (Å²) in [7, 11) is 0. The first-order valence-electron chi connectivity index (χ1n) is 14.7. The van der Waals surface area contributed by atoms with E-state index in [-0.39, 0.29) is 11.8 Å². The van der Waals surface area contributed by atoms with E-state index in [4.69, 9.17) is 11.5 Å². The Morgan fingerprint density at radius 3 is 1.20 bits per heavy atom. The number of carbonyl (C=O) groups excluding carboxylic acids is 2. The first-order chi connectivity index (χ1) is 22.0. The fourth-order valence-electron chi connectivity index (χ4n) is 6.38. The van der Waals surface area contributed by atoms with Gasteiger partial charge in [-0.3, -0.25) is 9.59 Å². The Morgan fingerprint density at radius 1 is 0.444 bits per heavy atom. The number of benzene rings is 6. The van der Waals surface area contributed by atoms with Crippen molar-refractivity contribution >= 4 is 34.6 Å². The summed E-state index contributed by atoms with van der Waals surface area (Å²) in [4.78, 5) is 26.4. The minimum atomic E-state index is -0.676. The van der Waals surface area contributed by atoms with Crippen molar-refractivity contribution in [2.24, 2.45) is 0 Å². The number of para-hydroxylation sites is 4. The largest absolute Gasteiger partial charge is 0.397 e. The van der Waals surface area contributed by atoms with Gasteiger partial charge in [0.25, 0.3) is 11.8 Å². The molecule has 6 N–H and O–H groups in total. The third kappa shape index (κ3) is 4.69. The number of carbonyl (C=O) groups is 2. The lowest BCUT2D eigenvalue weighted by Crippen LogP contribution is -2.29. The van der Waals surface area contributed by atoms with Crippen LogP contribution in [0, 0.1) is 0 Å². The quantitative estimate of drug-likeness (QED) is 0.150. The zero-order chi connectivity index (χ0) is 31.0. The van der Waals surface area contributed by atoms with Gasteiger partial charge < -0.3 is 22.1 Å². The van der Waals surface area contributed by atoms with Crippen LogP contribution in [0.4, 0.5) is 22.7 Å². The van der Waals surface area contributed by atoms with Crippen molar-refractivity contribution in [2.45, 2.75) is 5.41 Å². The summed E-state index contributed by atoms with van der Waals surface area (Å²) in [5.74, 6) is -0.481. The van der Waals surface area contributed by atoms with Gasteiger partial charge in [0.2, 0.25) is 0 Å². The summed E-state index contributed by atoms with van der Waals surface area (Å²) < 4.78 is 0. The van der Waals surface area contributed by atoms with Crippen molar-refractivity contribution in [1.29, 1.82) is 0 Å². The van der Waals surface area contributed by atoms with Gasteiger partial charge in [-0.1, -0.05) is 97.1 Å². The van der Waals surface area contributed by atoms with Crippen molar-refractivity contribution in [3.05, 3.63) is 179 Å². The molecule has 6 nitrogen and oxygen atoms in total. The van der Waals surface area contributed by atoms with Gasteiger partial charge in [-0.15, -0.1) is 0 Å². The molecule has 0 aliphatic heterocycles. The molecule has 1 aliphatic carbocycles. The average molecular weight is 587 g/mol. The van der Waals surface area contributed by atoms with E-state index >= 15 is 0 Å². The maximum absolute atomic E-state index is 13.2. The van der Waals surface area contributed by atoms with Crippen LogP contribution in [0.2, 0.25) is 0 Å². The molecule has 6 aromatic carbocycles. The van der Waals surface area contributed by atoms with Gasteiger partial charge in [0.15, 0.2) is 0 Å². The maximum atomic E-state index is 13.2. The molecular weight excluding hydrogens is 556 g/mol. The van der Waals surface area contributed by atoms with Crippen molar-refractivity contribution in [2.75, 3.05) is 22.1 Å². The van der Waals surface area contributed by atoms with Gasteiger partial charge in [0.1, 0.15) is 0 Å². The summed E-state index contributed by atoms with van der Waals surface area (Å²) in [6.45, 7) is 0. The first kappa shape index (κ1) is 27.7. The Labute approximate surface area is 261 Å². The van der Waals surface area contributed by atoms with E-state index < -0.39 is 5.41 Å². The van der Waals surface area contributed by atoms with Gasteiger partial charge in [0.05, 0.1) is 28.2 Å². The Balaban J connectivity index is 1.31. The minimum Gasteiger partial charge on any atom is -0.397 e. The predicted octanol–water partition coefficient (Wildman–Crippen LogP) is 7.72. The Kier molecular flexibility index (Phi) is 6.87. The monoisotopic (exact) mass is 586 g/mol. The Morgan fingerprint density at radius 2 is 0.800 bits per heavy atom. The number of amides is 2. The number of hydrogen-bond acceptors (Lipinski definition) is 4. The maximum Gasteiger partial charge on any atom is 0.255 e. The van der Waals surface area contributed by atoms with Gasteiger partial charge in [-0.05, 0) is 81.9 Å². The highest BCUT2D eigenvalue weighted by Crippen LogP contribution is 2.55. The lowest BCUT2D eigenvalue weighted by Gasteiger charge is -2.34. The molecule has 0 radical (unpaired) electrons. The smallest absolute Gasteiger partial charge is 0.255 e. The van der Waals surface area contributed by atoms with Crippen molar-refractivity contribution < 1.29 is 9.59 Å². The molecular formula is C39H30N4O2. The Hall–Kier alpha value is -6.14. The second-order valence-electron chi connectivity index (χ2n) is 11.1. The molecule has 218 valence electrons. The second kappa shape index (κ2) is 11.2. The minimum absolute atomic E-state index is 0.241. The zero-order valence-corrected chi connectivity index (χ0v) is 24.3. The molecule has 0 unspecified atom stereocenters. The predicted molar refractivity (Wildman–Crippen MR) is 181 cm³/mol. The summed E-state index contributed by atoms with van der Waals surface area (Å²) in [5.41, 5.74) is 21.2. The summed E-state index contributed by atoms with van der Waals surface area (Å²) >= 11 is 0. The van der Waals surface area contributed by atoms with Gasteiger partial charge in [0, 0.05) is 11.1 Å². The molecule has 7 rings (SSSR count). The molecule has 0 spiro atoms. The normalized spacial score (nSPS) is 12.5. The van der Waals surface area contributed by atoms with Crippen LogP contribution < -0.4 is 22.1 Å². The van der Waals surface area contributed by atoms with E-state index in [0.717, 1.165) is 33.4 Å². The molecule has 0 heterocycles. The Bertz CT molecular complexity index is 1920. The standard InChI is InChI=1S/C39H30N4O2/c40-33-13-5-7-15-35(33)42-37(44)25-17-21-27(22-18-25)39(31-11-3-1-9-29(31)30-10-2-4-12-32(30)39)28-23-19-26(20-24-28)38(45)43-36-16-8-6-14-34(36)41/h1-24H,40-41H2,(H,42,44)(H,43,45). The van der Waals surface area contributed by atoms with Crippen LogP contribution in [-0.2, 0) is 5.41 Å². The van der Waals surface area contributed by atoms with Crippen molar-refractivity contribution in [3.63, 3.8) is 0 Å². The van der Waals surface area contributed by atoms with Crippen LogP contribution >= 0.6 is 0 Å². The highest BCUT2D eigenvalue weighted by atomic mass is 16.2. The van der Waals surface area contributed by atoms with Crippen LogP contribution in [0.3, 0.4) is 0 Å². The molecule has 1 aliphatic rings. The molecule has 6 heteroatoms. The summed E-state index contributed by atoms with van der Waals surface area (Å²) in [5, 5.41) is 5.83. The van der Waals surface area contributed by atoms with Crippen LogP contribution in [0.15, 0.2) is 146 Å². The highest BCUT2D eigenvalue weighted by molar-refractivity contribution is 6.06. The lowest BCUT2D eigenvalue weighted by atomic mass is 9.67. The first-order valence-corrected chi connectivity index (χ1v) is 14.7. The fourth-order valence-corrected chi connectivity index (χ4v) is 6.38. The van der Waals surface area contributed by atoms with Crippen LogP contribution in [-0.4, -0.2) is 11.8 Å². The van der Waals surface area contributed by atoms with E-state index in [0.29, 0.717) is 33.9 Å². The fraction of sp³-hybridized carbons (Fsp3) is 0.0256. The molecule has 0 saturated carbocycles. The van der Waals surface area contributed by atoms with E-state index in [1.165, 1.54) is 0 Å². The number of rotatable bonds is 6. The molecule has 6 aromatic rings. The number of nitrogen functional groups attached to an aromatic ring is 2. The summed E-state index contributed by atoms with van der Waals surface area (Å²) in [6.07, 6.45) is 0. The number of anilines is 4. The second-order valence-corrected chi connectivity index (χ2v) is 11.1. The molecule has 0 bridgehead atoms. The SMILES string of the molecule is Nc1ccccc1NC(=O)c1ccc(C2(c3ccc(C(=O)Nc4ccccc4N)cc3)c3ccccc3-c3ccccc32)cc1. The zero-order valence-electron chi connectivity index (χ0n) is 24.3. The van der Waals surface area contributed by atoms with Crippen LogP contribution in [0.25, 0.3) is 11.1 Å². The average Bonchev–Trinajstić information content (AvgIpc) is 3.38. The molecule has 45 heavy (non-hydrogen) atoms. The van der Waals surface area contributed by atoms with Gasteiger partial charge in [-0.25, -0.2) is 0 Å². The molecule has 0 atom stereocenters. The number of hydrogen-bond donors (Lipinski definition) is 4. The summed E-state index contributed by atoms with van der Waals surface area (Å²) in [6, 6.07) is 46.7. The third-order valence-electron chi connectivity index (χ3n) is 8.53. The van der Waals surface area contributed by atoms with Crippen molar-refractivity contribution in [3.8, 4) is 11.1 Å². The molecule has 0 saturated heterocycles. The van der Waals surface area contributed by atoms with E-state index in [9.17, 15) is 9.59 Å². The highest BCUT2D eigenvalue weighted by Gasteiger charge is 2.45. The lowest BCUT2D eigenvalue weighted by molar-refractivity contribution is 0.101. The van der Waals surface area contributed by atoms with Crippen LogP contribution in [0.5, 0.6) is 0 Å². The number of nitrogens with one attached hydrogen (secondary N) is 2. The topological polar surface area (TPSA) is 110 Å². The van der Waals surface area contributed by atoms with Crippen LogP contribution in [0.1, 0.15) is 43.0 Å². The van der Waals surface area contributed by atoms with Gasteiger partial charge in [-0.2, -0.15) is 0 Å². The van der Waals surface area contributed by atoms with Gasteiger partial charge >= 0.3 is 0 Å². The van der Waals surface area contributed by atoms with E-state index in [2.05, 4.69) is 59.2 Å². The molecule has 0 aromatic heterocycles.